The average Bonchev–Trinajstić information content (AvgIpc) is 2.67. The summed E-state index contributed by atoms with van der Waals surface area (Å²) < 4.78 is 6.30. The number of ether oxygens (including phenoxy) is 1. The fourth-order valence-corrected chi connectivity index (χ4v) is 9.84. The zero-order valence-electron chi connectivity index (χ0n) is 17.3. The minimum absolute atomic E-state index is 0.697. The molecule has 0 aromatic rings. The van der Waals surface area contributed by atoms with Crippen molar-refractivity contribution in [3.05, 3.63) is 0 Å². The van der Waals surface area contributed by atoms with Crippen LogP contribution in [0.3, 0.4) is 0 Å². The molecule has 2 heteroatoms. The molecule has 1 aliphatic carbocycles. The predicted octanol–water partition coefficient (Wildman–Crippen LogP) is 7.58. The van der Waals surface area contributed by atoms with Gasteiger partial charge in [-0.25, -0.2) is 0 Å². The van der Waals surface area contributed by atoms with Crippen molar-refractivity contribution in [2.45, 2.75) is 140 Å². The van der Waals surface area contributed by atoms with Crippen molar-refractivity contribution < 1.29 is 4.74 Å². The minimum atomic E-state index is -0.697. The van der Waals surface area contributed by atoms with Crippen molar-refractivity contribution in [1.29, 1.82) is 0 Å². The van der Waals surface area contributed by atoms with E-state index < -0.39 is 8.80 Å². The Morgan fingerprint density at radius 3 is 1.88 bits per heavy atom. The molecule has 1 saturated heterocycles. The molecule has 2 fully saturated rings. The highest BCUT2D eigenvalue weighted by Crippen LogP contribution is 2.37. The smallest absolute Gasteiger partial charge is 0.0747 e. The second kappa shape index (κ2) is 14.3. The largest absolute Gasteiger partial charge is 0.382 e. The van der Waals surface area contributed by atoms with Gasteiger partial charge < -0.3 is 4.74 Å². The number of hydrogen-bond acceptors (Lipinski definition) is 1. The Morgan fingerprint density at radius 1 is 0.680 bits per heavy atom. The SMILES string of the molecule is CCCCCCCCCCCC[SiH](C1CCCCC1)C1CCCCO1. The number of hydrogen-bond donors (Lipinski definition) is 0. The maximum atomic E-state index is 6.30. The summed E-state index contributed by atoms with van der Waals surface area (Å²) in [5, 5.41) is 0. The lowest BCUT2D eigenvalue weighted by molar-refractivity contribution is 0.0606. The van der Waals surface area contributed by atoms with Crippen molar-refractivity contribution in [2.75, 3.05) is 6.61 Å². The summed E-state index contributed by atoms with van der Waals surface area (Å²) in [5.74, 6) is 0. The van der Waals surface area contributed by atoms with Gasteiger partial charge >= 0.3 is 0 Å². The van der Waals surface area contributed by atoms with E-state index in [1.165, 1.54) is 103 Å². The first-order valence-electron chi connectivity index (χ1n) is 12.0. The molecule has 0 amide bonds. The Morgan fingerprint density at radius 2 is 1.28 bits per heavy atom. The Hall–Kier alpha value is 0.177. The molecule has 2 unspecified atom stereocenters. The molecule has 0 aromatic heterocycles. The van der Waals surface area contributed by atoms with Gasteiger partial charge in [-0.15, -0.1) is 0 Å². The first-order valence-corrected chi connectivity index (χ1v) is 14.2. The van der Waals surface area contributed by atoms with Gasteiger partial charge in [0.1, 0.15) is 0 Å². The molecule has 2 aliphatic rings. The molecular weight excluding hydrogens is 320 g/mol. The maximum Gasteiger partial charge on any atom is 0.0747 e. The topological polar surface area (TPSA) is 9.23 Å². The molecule has 0 radical (unpaired) electrons. The monoisotopic (exact) mass is 366 g/mol. The zero-order chi connectivity index (χ0) is 17.6. The molecule has 1 aliphatic heterocycles. The van der Waals surface area contributed by atoms with Gasteiger partial charge in [0.05, 0.1) is 8.80 Å². The van der Waals surface area contributed by atoms with Crippen LogP contribution in [-0.4, -0.2) is 21.1 Å². The van der Waals surface area contributed by atoms with Gasteiger partial charge in [0.15, 0.2) is 0 Å². The molecule has 1 saturated carbocycles. The molecule has 0 bridgehead atoms. The van der Waals surface area contributed by atoms with Crippen LogP contribution in [0.5, 0.6) is 0 Å². The fourth-order valence-electron chi connectivity index (χ4n) is 5.26. The van der Waals surface area contributed by atoms with Gasteiger partial charge in [-0.1, -0.05) is 109 Å². The van der Waals surface area contributed by atoms with Crippen LogP contribution < -0.4 is 0 Å². The summed E-state index contributed by atoms with van der Waals surface area (Å²) in [6, 6.07) is 1.59. The van der Waals surface area contributed by atoms with Gasteiger partial charge in [0.25, 0.3) is 0 Å². The van der Waals surface area contributed by atoms with Gasteiger partial charge in [0.2, 0.25) is 0 Å². The minimum Gasteiger partial charge on any atom is -0.382 e. The Bertz CT molecular complexity index is 276. The molecule has 148 valence electrons. The van der Waals surface area contributed by atoms with Gasteiger partial charge in [-0.05, 0) is 24.8 Å². The summed E-state index contributed by atoms with van der Waals surface area (Å²) in [5.41, 5.74) is 1.87. The highest BCUT2D eigenvalue weighted by Gasteiger charge is 2.33. The van der Waals surface area contributed by atoms with Crippen molar-refractivity contribution in [3.63, 3.8) is 0 Å². The van der Waals surface area contributed by atoms with Crippen LogP contribution >= 0.6 is 0 Å². The highest BCUT2D eigenvalue weighted by atomic mass is 28.3. The molecule has 0 aromatic carbocycles. The maximum absolute atomic E-state index is 6.30. The van der Waals surface area contributed by atoms with Crippen LogP contribution in [0.15, 0.2) is 0 Å². The first kappa shape index (κ1) is 21.5. The van der Waals surface area contributed by atoms with Crippen LogP contribution in [-0.2, 0) is 4.74 Å². The van der Waals surface area contributed by atoms with Crippen LogP contribution in [0.2, 0.25) is 11.6 Å². The normalized spacial score (nSPS) is 23.6. The third kappa shape index (κ3) is 9.09. The van der Waals surface area contributed by atoms with E-state index >= 15 is 0 Å². The van der Waals surface area contributed by atoms with E-state index in [0.717, 1.165) is 17.9 Å². The number of unbranched alkanes of at least 4 members (excludes halogenated alkanes) is 9. The zero-order valence-corrected chi connectivity index (χ0v) is 18.4. The third-order valence-electron chi connectivity index (χ3n) is 6.84. The Balaban J connectivity index is 1.57. The number of rotatable bonds is 13. The average molecular weight is 367 g/mol. The van der Waals surface area contributed by atoms with Crippen molar-refractivity contribution in [1.82, 2.24) is 0 Å². The molecular formula is C23H46OSi. The summed E-state index contributed by atoms with van der Waals surface area (Å²) in [4.78, 5) is 0. The summed E-state index contributed by atoms with van der Waals surface area (Å²) in [6.45, 7) is 3.38. The molecule has 2 rings (SSSR count). The van der Waals surface area contributed by atoms with Crippen molar-refractivity contribution in [2.24, 2.45) is 0 Å². The van der Waals surface area contributed by atoms with E-state index in [1.807, 2.05) is 0 Å². The van der Waals surface area contributed by atoms with Gasteiger partial charge in [-0.2, -0.15) is 0 Å². The van der Waals surface area contributed by atoms with E-state index in [0.29, 0.717) is 0 Å². The summed E-state index contributed by atoms with van der Waals surface area (Å²) >= 11 is 0. The lowest BCUT2D eigenvalue weighted by Gasteiger charge is -2.36. The first-order chi connectivity index (χ1) is 12.4. The van der Waals surface area contributed by atoms with Gasteiger partial charge in [0, 0.05) is 12.3 Å². The standard InChI is InChI=1S/C23H46OSi/c1-2-3-4-5-6-7-8-9-10-16-21-25(22-17-12-11-13-18-22)23-19-14-15-20-24-23/h22-23,25H,2-21H2,1H3. The second-order valence-electron chi connectivity index (χ2n) is 8.94. The lowest BCUT2D eigenvalue weighted by Crippen LogP contribution is -2.40. The third-order valence-corrected chi connectivity index (χ3v) is 11.3. The molecule has 1 nitrogen and oxygen atoms in total. The molecule has 2 atom stereocenters. The van der Waals surface area contributed by atoms with E-state index in [-0.39, 0.29) is 0 Å². The lowest BCUT2D eigenvalue weighted by atomic mass is 10.0. The molecule has 0 spiro atoms. The van der Waals surface area contributed by atoms with Crippen LogP contribution in [0, 0.1) is 0 Å². The van der Waals surface area contributed by atoms with Crippen LogP contribution in [0.25, 0.3) is 0 Å². The van der Waals surface area contributed by atoms with E-state index in [9.17, 15) is 0 Å². The van der Waals surface area contributed by atoms with Crippen LogP contribution in [0.4, 0.5) is 0 Å². The molecule has 1 heterocycles. The second-order valence-corrected chi connectivity index (χ2v) is 12.5. The highest BCUT2D eigenvalue weighted by molar-refractivity contribution is 6.61. The summed E-state index contributed by atoms with van der Waals surface area (Å²) in [6.07, 6.45) is 26.5. The quantitative estimate of drug-likeness (QED) is 0.241. The molecule has 25 heavy (non-hydrogen) atoms. The van der Waals surface area contributed by atoms with Crippen molar-refractivity contribution >= 4 is 8.80 Å². The Labute approximate surface area is 160 Å². The predicted molar refractivity (Wildman–Crippen MR) is 114 cm³/mol. The van der Waals surface area contributed by atoms with Crippen molar-refractivity contribution in [3.8, 4) is 0 Å². The van der Waals surface area contributed by atoms with E-state index in [4.69, 9.17) is 4.74 Å². The Kier molecular flexibility index (Phi) is 12.3. The van der Waals surface area contributed by atoms with E-state index in [2.05, 4.69) is 6.92 Å². The van der Waals surface area contributed by atoms with Crippen LogP contribution in [0.1, 0.15) is 122 Å². The molecule has 0 N–H and O–H groups in total. The van der Waals surface area contributed by atoms with Gasteiger partial charge in [-0.3, -0.25) is 0 Å². The summed E-state index contributed by atoms with van der Waals surface area (Å²) in [7, 11) is -0.697. The fraction of sp³-hybridized carbons (Fsp3) is 1.00. The van der Waals surface area contributed by atoms with E-state index in [1.54, 1.807) is 18.9 Å².